The number of hydrogen-bond donors (Lipinski definition) is 1. The van der Waals surface area contributed by atoms with Gasteiger partial charge in [0.2, 0.25) is 5.88 Å². The summed E-state index contributed by atoms with van der Waals surface area (Å²) >= 11 is 0. The molecule has 1 N–H and O–H groups in total. The summed E-state index contributed by atoms with van der Waals surface area (Å²) in [6, 6.07) is 0.676. The van der Waals surface area contributed by atoms with Crippen LogP contribution in [0.2, 0.25) is 0 Å². The Hall–Kier alpha value is -2.47. The molecular formula is C17H25F3N4O5. The zero-order chi connectivity index (χ0) is 21.9. The van der Waals surface area contributed by atoms with Crippen LogP contribution in [0.1, 0.15) is 26.5 Å². The molecule has 0 aliphatic heterocycles. The molecule has 0 spiro atoms. The Morgan fingerprint density at radius 3 is 2.31 bits per heavy atom. The Bertz CT molecular complexity index is 665. The zero-order valence-electron chi connectivity index (χ0n) is 16.5. The smallest absolute Gasteiger partial charge is 0.433 e. The van der Waals surface area contributed by atoms with Crippen molar-refractivity contribution in [2.45, 2.75) is 32.5 Å². The summed E-state index contributed by atoms with van der Waals surface area (Å²) in [6.07, 6.45) is -5.17. The third-order valence-corrected chi connectivity index (χ3v) is 2.89. The molecule has 0 saturated carbocycles. The highest BCUT2D eigenvalue weighted by atomic mass is 19.4. The van der Waals surface area contributed by atoms with Gasteiger partial charge in [-0.3, -0.25) is 0 Å². The molecule has 0 aliphatic carbocycles. The number of ether oxygens (including phenoxy) is 4. The highest BCUT2D eigenvalue weighted by Crippen LogP contribution is 2.30. The van der Waals surface area contributed by atoms with Gasteiger partial charge in [-0.2, -0.15) is 18.2 Å². The molecule has 1 amide bonds. The monoisotopic (exact) mass is 422 g/mol. The van der Waals surface area contributed by atoms with E-state index in [-0.39, 0.29) is 45.5 Å². The second-order valence-electron chi connectivity index (χ2n) is 6.55. The number of hydrogen-bond acceptors (Lipinski definition) is 8. The molecule has 0 aliphatic rings. The van der Waals surface area contributed by atoms with Crippen molar-refractivity contribution in [1.82, 2.24) is 15.3 Å². The van der Waals surface area contributed by atoms with Gasteiger partial charge in [0.05, 0.1) is 26.4 Å². The number of carbonyl (C=O) groups is 1. The van der Waals surface area contributed by atoms with Crippen LogP contribution in [-0.4, -0.2) is 68.0 Å². The van der Waals surface area contributed by atoms with E-state index in [1.54, 1.807) is 20.8 Å². The molecule has 0 saturated heterocycles. The SMILES string of the molecule is C=Nc1nc(OCCOCCOCCNC(=O)OC(C)(C)C)cc(C(F)(F)F)n1. The molecule has 0 fully saturated rings. The fraction of sp³-hybridized carbons (Fsp3) is 0.647. The van der Waals surface area contributed by atoms with Crippen LogP contribution < -0.4 is 10.1 Å². The number of aromatic nitrogens is 2. The fourth-order valence-electron chi connectivity index (χ4n) is 1.77. The predicted molar refractivity (Wildman–Crippen MR) is 97.6 cm³/mol. The minimum absolute atomic E-state index is 0.0227. The minimum atomic E-state index is -4.65. The Morgan fingerprint density at radius 1 is 1.10 bits per heavy atom. The second kappa shape index (κ2) is 11.5. The highest BCUT2D eigenvalue weighted by Gasteiger charge is 2.34. The minimum Gasteiger partial charge on any atom is -0.475 e. The molecular weight excluding hydrogens is 397 g/mol. The van der Waals surface area contributed by atoms with Crippen LogP contribution in [0.4, 0.5) is 23.9 Å². The molecule has 12 heteroatoms. The quantitative estimate of drug-likeness (QED) is 0.432. The second-order valence-corrected chi connectivity index (χ2v) is 6.55. The Balaban J connectivity index is 2.15. The van der Waals surface area contributed by atoms with E-state index >= 15 is 0 Å². The number of carbonyl (C=O) groups excluding carboxylic acids is 1. The maximum atomic E-state index is 12.7. The van der Waals surface area contributed by atoms with Crippen molar-refractivity contribution in [2.24, 2.45) is 4.99 Å². The third kappa shape index (κ3) is 11.2. The van der Waals surface area contributed by atoms with Crippen LogP contribution in [0.25, 0.3) is 0 Å². The maximum Gasteiger partial charge on any atom is 0.433 e. The van der Waals surface area contributed by atoms with Gasteiger partial charge in [0, 0.05) is 12.6 Å². The Kier molecular flexibility index (Phi) is 9.75. The van der Waals surface area contributed by atoms with Crippen molar-refractivity contribution < 1.29 is 36.9 Å². The Morgan fingerprint density at radius 2 is 1.72 bits per heavy atom. The van der Waals surface area contributed by atoms with Crippen LogP contribution in [0, 0.1) is 0 Å². The number of rotatable bonds is 11. The third-order valence-electron chi connectivity index (χ3n) is 2.89. The van der Waals surface area contributed by atoms with Gasteiger partial charge in [0.1, 0.15) is 12.2 Å². The largest absolute Gasteiger partial charge is 0.475 e. The van der Waals surface area contributed by atoms with Crippen LogP contribution in [0.5, 0.6) is 5.88 Å². The molecule has 164 valence electrons. The average Bonchev–Trinajstić information content (AvgIpc) is 2.60. The lowest BCUT2D eigenvalue weighted by molar-refractivity contribution is -0.141. The fourth-order valence-corrected chi connectivity index (χ4v) is 1.77. The van der Waals surface area contributed by atoms with Gasteiger partial charge >= 0.3 is 12.3 Å². The van der Waals surface area contributed by atoms with Gasteiger partial charge in [-0.15, -0.1) is 0 Å². The summed E-state index contributed by atoms with van der Waals surface area (Å²) in [5.74, 6) is -0.702. The van der Waals surface area contributed by atoms with Crippen molar-refractivity contribution in [3.63, 3.8) is 0 Å². The van der Waals surface area contributed by atoms with Gasteiger partial charge < -0.3 is 24.3 Å². The molecule has 1 aromatic rings. The van der Waals surface area contributed by atoms with Crippen molar-refractivity contribution in [3.05, 3.63) is 11.8 Å². The van der Waals surface area contributed by atoms with Crippen molar-refractivity contribution in [1.29, 1.82) is 0 Å². The maximum absolute atomic E-state index is 12.7. The van der Waals surface area contributed by atoms with Gasteiger partial charge in [-0.05, 0) is 27.5 Å². The van der Waals surface area contributed by atoms with E-state index in [0.717, 1.165) is 0 Å². The Labute approximate surface area is 166 Å². The average molecular weight is 422 g/mol. The molecule has 29 heavy (non-hydrogen) atoms. The zero-order valence-corrected chi connectivity index (χ0v) is 16.5. The summed E-state index contributed by atoms with van der Waals surface area (Å²) in [4.78, 5) is 21.6. The lowest BCUT2D eigenvalue weighted by Crippen LogP contribution is -2.34. The lowest BCUT2D eigenvalue weighted by Gasteiger charge is -2.19. The first-order valence-corrected chi connectivity index (χ1v) is 8.69. The number of amides is 1. The van der Waals surface area contributed by atoms with E-state index < -0.39 is 29.5 Å². The van der Waals surface area contributed by atoms with E-state index in [9.17, 15) is 18.0 Å². The molecule has 0 radical (unpaired) electrons. The van der Waals surface area contributed by atoms with Crippen LogP contribution in [-0.2, 0) is 20.4 Å². The summed E-state index contributed by atoms with van der Waals surface area (Å²) in [5, 5.41) is 2.54. The van der Waals surface area contributed by atoms with Gasteiger partial charge in [0.15, 0.2) is 5.69 Å². The molecule has 0 aromatic carbocycles. The van der Waals surface area contributed by atoms with Gasteiger partial charge in [-0.25, -0.2) is 14.8 Å². The summed E-state index contributed by atoms with van der Waals surface area (Å²) in [5.41, 5.74) is -1.73. The van der Waals surface area contributed by atoms with Crippen molar-refractivity contribution >= 4 is 18.8 Å². The first-order valence-electron chi connectivity index (χ1n) is 8.69. The molecule has 1 aromatic heterocycles. The number of alkyl carbamates (subject to hydrolysis) is 1. The van der Waals surface area contributed by atoms with E-state index in [0.29, 0.717) is 6.07 Å². The topological polar surface area (TPSA) is 104 Å². The van der Waals surface area contributed by atoms with Crippen LogP contribution in [0.15, 0.2) is 11.1 Å². The number of halogens is 3. The van der Waals surface area contributed by atoms with Crippen LogP contribution >= 0.6 is 0 Å². The van der Waals surface area contributed by atoms with Crippen LogP contribution in [0.3, 0.4) is 0 Å². The van der Waals surface area contributed by atoms with E-state index in [1.807, 2.05) is 0 Å². The molecule has 1 heterocycles. The lowest BCUT2D eigenvalue weighted by atomic mass is 10.2. The van der Waals surface area contributed by atoms with Crippen molar-refractivity contribution in [3.8, 4) is 5.88 Å². The number of nitrogens with zero attached hydrogens (tertiary/aromatic N) is 3. The van der Waals surface area contributed by atoms with Gasteiger partial charge in [0.25, 0.3) is 5.95 Å². The number of aliphatic imine (C=N–C) groups is 1. The standard InChI is InChI=1S/C17H25F3N4O5/c1-16(2,3)29-15(25)22-5-6-26-7-8-27-9-10-28-13-11-12(17(18,19)20)23-14(21-4)24-13/h11H,4-10H2,1-3H3,(H,22,25). The van der Waals surface area contributed by atoms with E-state index in [1.165, 1.54) is 0 Å². The molecule has 0 unspecified atom stereocenters. The summed E-state index contributed by atoms with van der Waals surface area (Å²) in [6.45, 7) is 9.56. The van der Waals surface area contributed by atoms with Gasteiger partial charge in [-0.1, -0.05) is 0 Å². The number of nitrogens with one attached hydrogen (secondary N) is 1. The van der Waals surface area contributed by atoms with E-state index in [4.69, 9.17) is 18.9 Å². The molecule has 1 rings (SSSR count). The van der Waals surface area contributed by atoms with E-state index in [2.05, 4.69) is 27.0 Å². The molecule has 0 bridgehead atoms. The predicted octanol–water partition coefficient (Wildman–Crippen LogP) is 2.76. The summed E-state index contributed by atoms with van der Waals surface area (Å²) in [7, 11) is 0. The first-order chi connectivity index (χ1) is 13.5. The molecule has 0 atom stereocenters. The normalized spacial score (nSPS) is 11.8. The number of alkyl halides is 3. The first kappa shape index (κ1) is 24.6. The summed E-state index contributed by atoms with van der Waals surface area (Å²) < 4.78 is 58.9. The van der Waals surface area contributed by atoms with Crippen molar-refractivity contribution in [2.75, 3.05) is 39.6 Å². The highest BCUT2D eigenvalue weighted by molar-refractivity contribution is 5.67. The molecule has 9 nitrogen and oxygen atoms in total.